The van der Waals surface area contributed by atoms with Crippen LogP contribution in [0.1, 0.15) is 5.56 Å². The van der Waals surface area contributed by atoms with Gasteiger partial charge >= 0.3 is 0 Å². The van der Waals surface area contributed by atoms with Crippen LogP contribution >= 0.6 is 0 Å². The van der Waals surface area contributed by atoms with E-state index in [1.807, 2.05) is 30.3 Å². The number of hydrogen-bond donors (Lipinski definition) is 0. The molecule has 0 amide bonds. The smallest absolute Gasteiger partial charge is 0.212 e. The summed E-state index contributed by atoms with van der Waals surface area (Å²) in [6, 6.07) is 72.2. The van der Waals surface area contributed by atoms with Crippen LogP contribution in [0.5, 0.6) is 0 Å². The van der Waals surface area contributed by atoms with E-state index in [-0.39, 0.29) is 0 Å². The summed E-state index contributed by atoms with van der Waals surface area (Å²) in [7, 11) is 0. The molecule has 12 aromatic rings. The maximum absolute atomic E-state index is 11.2. The molecule has 0 saturated carbocycles. The minimum Gasteiger partial charge on any atom is -0.318 e. The summed E-state index contributed by atoms with van der Waals surface area (Å²) in [4.78, 5) is 6.52. The highest BCUT2D eigenvalue weighted by molar-refractivity contribution is 6.32. The molecule has 0 atom stereocenters. The molecule has 0 aliphatic rings. The number of benzene rings is 10. The molecule has 0 fully saturated rings. The molecular weight excluding hydrogens is 743 g/mol. The monoisotopic (exact) mass is 775 g/mol. The fourth-order valence-corrected chi connectivity index (χ4v) is 9.77. The maximum Gasteiger partial charge on any atom is 0.212 e. The lowest BCUT2D eigenvalue weighted by atomic mass is 9.97. The van der Waals surface area contributed by atoms with Crippen LogP contribution in [0.15, 0.2) is 200 Å². The van der Waals surface area contributed by atoms with Gasteiger partial charge in [-0.1, -0.05) is 133 Å². The Morgan fingerprint density at radius 3 is 1.70 bits per heavy atom. The number of hydrogen-bond acceptors (Lipinski definition) is 2. The van der Waals surface area contributed by atoms with Gasteiger partial charge in [-0.3, -0.25) is 0 Å². The predicted molar refractivity (Wildman–Crippen MR) is 253 cm³/mol. The van der Waals surface area contributed by atoms with Crippen molar-refractivity contribution in [3.05, 3.63) is 217 Å². The summed E-state index contributed by atoms with van der Waals surface area (Å²) in [5.41, 5.74) is 9.32. The SMILES string of the molecule is [C-]#[N+]c1cc(-n2c3ccc(N(c4ccccc4)c4ccccc4)cc3c3c4ccccc4ccc32)c(C#N)cc1-n1c2ccccc2c2c3ccccc3c3ccccc3c21. The molecule has 0 saturated heterocycles. The van der Waals surface area contributed by atoms with Gasteiger partial charge in [0.2, 0.25) is 5.69 Å². The lowest BCUT2D eigenvalue weighted by Crippen LogP contribution is -2.09. The van der Waals surface area contributed by atoms with Gasteiger partial charge in [-0.25, -0.2) is 4.85 Å². The third kappa shape index (κ3) is 5.05. The van der Waals surface area contributed by atoms with E-state index < -0.39 is 0 Å². The number of nitriles is 1. The minimum absolute atomic E-state index is 0.459. The van der Waals surface area contributed by atoms with E-state index in [0.717, 1.165) is 87.6 Å². The highest BCUT2D eigenvalue weighted by Gasteiger charge is 2.24. The van der Waals surface area contributed by atoms with E-state index in [2.05, 4.69) is 195 Å². The molecule has 0 spiro atoms. The van der Waals surface area contributed by atoms with E-state index >= 15 is 0 Å². The molecule has 0 unspecified atom stereocenters. The highest BCUT2D eigenvalue weighted by atomic mass is 15.1. The van der Waals surface area contributed by atoms with Crippen molar-refractivity contribution in [1.29, 1.82) is 5.26 Å². The molecule has 10 aromatic carbocycles. The van der Waals surface area contributed by atoms with E-state index in [0.29, 0.717) is 22.6 Å². The first-order valence-electron chi connectivity index (χ1n) is 20.4. The van der Waals surface area contributed by atoms with Crippen LogP contribution in [-0.4, -0.2) is 9.13 Å². The molecule has 5 nitrogen and oxygen atoms in total. The zero-order valence-electron chi connectivity index (χ0n) is 32.8. The van der Waals surface area contributed by atoms with Crippen molar-refractivity contribution in [2.24, 2.45) is 0 Å². The molecule has 0 radical (unpaired) electrons. The summed E-state index contributed by atoms with van der Waals surface area (Å²) in [5.74, 6) is 0. The molecule has 5 heteroatoms. The van der Waals surface area contributed by atoms with Crippen molar-refractivity contribution < 1.29 is 0 Å². The largest absolute Gasteiger partial charge is 0.318 e. The summed E-state index contributed by atoms with van der Waals surface area (Å²) in [6.45, 7) is 8.73. The topological polar surface area (TPSA) is 41.2 Å². The molecule has 2 aromatic heterocycles. The van der Waals surface area contributed by atoms with Crippen LogP contribution in [-0.2, 0) is 0 Å². The average Bonchev–Trinajstić information content (AvgIpc) is 3.85. The van der Waals surface area contributed by atoms with Crippen LogP contribution in [0.4, 0.5) is 22.7 Å². The highest BCUT2D eigenvalue weighted by Crippen LogP contribution is 2.46. The minimum atomic E-state index is 0.459. The molecule has 2 heterocycles. The molecule has 0 aliphatic heterocycles. The lowest BCUT2D eigenvalue weighted by Gasteiger charge is -2.25. The second-order valence-electron chi connectivity index (χ2n) is 15.5. The van der Waals surface area contributed by atoms with Gasteiger partial charge in [-0.15, -0.1) is 0 Å². The third-order valence-corrected chi connectivity index (χ3v) is 12.3. The Morgan fingerprint density at radius 1 is 0.426 bits per heavy atom. The van der Waals surface area contributed by atoms with Crippen LogP contribution in [0.3, 0.4) is 0 Å². The van der Waals surface area contributed by atoms with Crippen molar-refractivity contribution in [2.45, 2.75) is 0 Å². The van der Waals surface area contributed by atoms with Gasteiger partial charge in [0.15, 0.2) is 0 Å². The fraction of sp³-hybridized carbons (Fsp3) is 0. The van der Waals surface area contributed by atoms with Gasteiger partial charge in [0.25, 0.3) is 0 Å². The first kappa shape index (κ1) is 34.4. The molecule has 282 valence electrons. The van der Waals surface area contributed by atoms with Crippen LogP contribution in [0, 0.1) is 17.9 Å². The van der Waals surface area contributed by atoms with E-state index in [1.54, 1.807) is 0 Å². The summed E-state index contributed by atoms with van der Waals surface area (Å²) >= 11 is 0. The van der Waals surface area contributed by atoms with Crippen molar-refractivity contribution in [2.75, 3.05) is 4.90 Å². The Balaban J connectivity index is 1.16. The maximum atomic E-state index is 11.2. The Hall–Kier alpha value is -8.64. The van der Waals surface area contributed by atoms with Crippen molar-refractivity contribution in [3.8, 4) is 17.4 Å². The summed E-state index contributed by atoms with van der Waals surface area (Å²) in [6.07, 6.45) is 0. The van der Waals surface area contributed by atoms with Gasteiger partial charge in [-0.05, 0) is 93.7 Å². The number of para-hydroxylation sites is 3. The van der Waals surface area contributed by atoms with Crippen molar-refractivity contribution in [3.63, 3.8) is 0 Å². The van der Waals surface area contributed by atoms with E-state index in [1.165, 1.54) is 5.39 Å². The van der Waals surface area contributed by atoms with E-state index in [4.69, 9.17) is 6.57 Å². The molecule has 0 bridgehead atoms. The Labute approximate surface area is 351 Å². The number of aromatic nitrogens is 2. The lowest BCUT2D eigenvalue weighted by molar-refractivity contribution is 1.14. The van der Waals surface area contributed by atoms with Crippen LogP contribution < -0.4 is 4.90 Å². The number of fused-ring (bicyclic) bond motifs is 13. The van der Waals surface area contributed by atoms with Gasteiger partial charge in [0, 0.05) is 44.0 Å². The molecule has 0 N–H and O–H groups in total. The average molecular weight is 776 g/mol. The fourth-order valence-electron chi connectivity index (χ4n) is 9.77. The number of anilines is 3. The number of nitrogens with zero attached hydrogens (tertiary/aromatic N) is 5. The van der Waals surface area contributed by atoms with Crippen molar-refractivity contribution >= 4 is 98.7 Å². The van der Waals surface area contributed by atoms with E-state index in [9.17, 15) is 5.26 Å². The molecular formula is C56H33N5. The zero-order chi connectivity index (χ0) is 40.6. The normalized spacial score (nSPS) is 11.6. The van der Waals surface area contributed by atoms with Crippen LogP contribution in [0.2, 0.25) is 0 Å². The van der Waals surface area contributed by atoms with Gasteiger partial charge in [0.1, 0.15) is 6.07 Å². The third-order valence-electron chi connectivity index (χ3n) is 12.3. The predicted octanol–water partition coefficient (Wildman–Crippen LogP) is 15.2. The first-order chi connectivity index (χ1) is 30.2. The standard InChI is InChI=1S/C56H33N5/c1-58-48-34-52(37(35-57)32-53(48)61-49-27-15-14-26-46(49)55-44-24-12-10-22-42(44)43-23-11-13-25-45(43)56(55)61)60-50-31-29-40(59(38-17-4-2-5-18-38)39-19-6-3-7-20-39)33-47(50)54-41-21-9-8-16-36(41)28-30-51(54)60/h2-34H. The van der Waals surface area contributed by atoms with Crippen molar-refractivity contribution in [1.82, 2.24) is 9.13 Å². The second-order valence-corrected chi connectivity index (χ2v) is 15.5. The Morgan fingerprint density at radius 2 is 1.00 bits per heavy atom. The second kappa shape index (κ2) is 13.5. The first-order valence-corrected chi connectivity index (χ1v) is 20.4. The van der Waals surface area contributed by atoms with Gasteiger partial charge in [-0.2, -0.15) is 5.26 Å². The summed E-state index contributed by atoms with van der Waals surface area (Å²) in [5, 5.41) is 22.4. The molecule has 12 rings (SSSR count). The Bertz CT molecular complexity index is 3800. The quantitative estimate of drug-likeness (QED) is 0.129. The van der Waals surface area contributed by atoms with Crippen LogP contribution in [0.25, 0.3) is 92.1 Å². The molecule has 61 heavy (non-hydrogen) atoms. The number of rotatable bonds is 5. The summed E-state index contributed by atoms with van der Waals surface area (Å²) < 4.78 is 4.40. The van der Waals surface area contributed by atoms with Gasteiger partial charge in [0.05, 0.1) is 45.6 Å². The zero-order valence-corrected chi connectivity index (χ0v) is 32.8. The van der Waals surface area contributed by atoms with Gasteiger partial charge < -0.3 is 14.0 Å². The molecule has 0 aliphatic carbocycles. The Kier molecular flexibility index (Phi) is 7.59.